The van der Waals surface area contributed by atoms with E-state index >= 15 is 0 Å². The van der Waals surface area contributed by atoms with Crippen molar-refractivity contribution < 1.29 is 19.3 Å². The van der Waals surface area contributed by atoms with Crippen LogP contribution < -0.4 is 9.80 Å². The Kier molecular flexibility index (Phi) is 16.8. The molecule has 2 fully saturated rings. The van der Waals surface area contributed by atoms with Crippen molar-refractivity contribution in [3.8, 4) is 0 Å². The Labute approximate surface area is 207 Å². The average Bonchev–Trinajstić information content (AvgIpc) is 3.52. The molecule has 0 unspecified atom stereocenters. The number of unbranched alkanes of at least 4 members (excludes halogenated alkanes) is 8. The molecule has 4 nitrogen and oxygen atoms in total. The summed E-state index contributed by atoms with van der Waals surface area (Å²) in [6.07, 6.45) is 21.5. The van der Waals surface area contributed by atoms with Crippen LogP contribution >= 0.6 is 0 Å². The first kappa shape index (κ1) is 29.1. The van der Waals surface area contributed by atoms with E-state index in [1.54, 1.807) is 0 Å². The molecule has 196 valence electrons. The standard InChI is InChI=1S/C29H58N2O2/c1-3-5-7-8-9-16-25-33-28-29(26-30-19-12-13-20-30,27-31-21-14-15-22-31)18-11-10-17-24-32-23-6-4-2/h3-28H2,1-2H3/p+2. The first-order chi connectivity index (χ1) is 16.3. The SMILES string of the molecule is CCCCCCCCOCC(CCCCCOCCCC)(C[NH+]1CCCC1)C[NH+]1CCCC1. The number of ether oxygens (including phenoxy) is 2. The van der Waals surface area contributed by atoms with Crippen LogP contribution in [-0.2, 0) is 9.47 Å². The van der Waals surface area contributed by atoms with Crippen LogP contribution in [0.25, 0.3) is 0 Å². The summed E-state index contributed by atoms with van der Waals surface area (Å²) in [6, 6.07) is 0. The van der Waals surface area contributed by atoms with E-state index in [4.69, 9.17) is 9.47 Å². The van der Waals surface area contributed by atoms with Crippen molar-refractivity contribution in [2.75, 3.05) is 65.7 Å². The van der Waals surface area contributed by atoms with Crippen LogP contribution in [0.5, 0.6) is 0 Å². The second-order valence-corrected chi connectivity index (χ2v) is 11.4. The lowest BCUT2D eigenvalue weighted by Gasteiger charge is -2.36. The van der Waals surface area contributed by atoms with Gasteiger partial charge in [0, 0.05) is 45.5 Å². The first-order valence-corrected chi connectivity index (χ1v) is 15.1. The number of rotatable bonds is 22. The predicted molar refractivity (Wildman–Crippen MR) is 140 cm³/mol. The second kappa shape index (κ2) is 19.1. The Hall–Kier alpha value is -0.160. The van der Waals surface area contributed by atoms with Crippen molar-refractivity contribution in [1.82, 2.24) is 0 Å². The lowest BCUT2D eigenvalue weighted by molar-refractivity contribution is -0.920. The summed E-state index contributed by atoms with van der Waals surface area (Å²) in [6.45, 7) is 16.7. The van der Waals surface area contributed by atoms with Crippen molar-refractivity contribution in [3.63, 3.8) is 0 Å². The molecule has 2 rings (SSSR count). The fourth-order valence-corrected chi connectivity index (χ4v) is 6.08. The molecule has 0 aromatic rings. The summed E-state index contributed by atoms with van der Waals surface area (Å²) in [5, 5.41) is 0. The van der Waals surface area contributed by atoms with E-state index < -0.39 is 0 Å². The minimum atomic E-state index is 0.380. The number of hydrogen-bond acceptors (Lipinski definition) is 2. The van der Waals surface area contributed by atoms with Crippen LogP contribution in [0.4, 0.5) is 0 Å². The zero-order chi connectivity index (χ0) is 23.5. The van der Waals surface area contributed by atoms with Gasteiger partial charge in [-0.2, -0.15) is 0 Å². The summed E-state index contributed by atoms with van der Waals surface area (Å²) < 4.78 is 12.3. The quantitative estimate of drug-likeness (QED) is 0.234. The highest BCUT2D eigenvalue weighted by atomic mass is 16.5. The monoisotopic (exact) mass is 468 g/mol. The molecule has 0 aromatic heterocycles. The molecule has 2 aliphatic rings. The van der Waals surface area contributed by atoms with Crippen molar-refractivity contribution >= 4 is 0 Å². The summed E-state index contributed by atoms with van der Waals surface area (Å²) in [7, 11) is 0. The molecule has 0 amide bonds. The van der Waals surface area contributed by atoms with Crippen molar-refractivity contribution in [3.05, 3.63) is 0 Å². The molecule has 33 heavy (non-hydrogen) atoms. The molecule has 4 heteroatoms. The molecule has 0 atom stereocenters. The maximum absolute atomic E-state index is 6.50. The molecular formula is C29H60N2O2+2. The maximum atomic E-state index is 6.50. The minimum Gasteiger partial charge on any atom is -0.381 e. The Morgan fingerprint density at radius 1 is 0.545 bits per heavy atom. The van der Waals surface area contributed by atoms with Gasteiger partial charge in [0.1, 0.15) is 0 Å². The fraction of sp³-hybridized carbons (Fsp3) is 1.00. The summed E-state index contributed by atoms with van der Waals surface area (Å²) in [4.78, 5) is 3.72. The number of quaternary nitrogens is 2. The highest BCUT2D eigenvalue weighted by Crippen LogP contribution is 2.24. The third-order valence-electron chi connectivity index (χ3n) is 8.06. The van der Waals surface area contributed by atoms with Crippen molar-refractivity contribution in [2.24, 2.45) is 5.41 Å². The molecule has 0 saturated carbocycles. The third kappa shape index (κ3) is 13.5. The highest BCUT2D eigenvalue weighted by molar-refractivity contribution is 4.79. The molecule has 0 bridgehead atoms. The van der Waals surface area contributed by atoms with Crippen LogP contribution in [0, 0.1) is 5.41 Å². The smallest absolute Gasteiger partial charge is 0.0914 e. The molecule has 2 heterocycles. The van der Waals surface area contributed by atoms with Crippen LogP contribution in [0.2, 0.25) is 0 Å². The normalized spacial score (nSPS) is 18.0. The molecule has 0 aliphatic carbocycles. The first-order valence-electron chi connectivity index (χ1n) is 15.1. The van der Waals surface area contributed by atoms with Gasteiger partial charge < -0.3 is 19.3 Å². The van der Waals surface area contributed by atoms with Crippen LogP contribution in [-0.4, -0.2) is 65.7 Å². The Bertz CT molecular complexity index is 393. The van der Waals surface area contributed by atoms with Crippen LogP contribution in [0.15, 0.2) is 0 Å². The van der Waals surface area contributed by atoms with E-state index in [9.17, 15) is 0 Å². The van der Waals surface area contributed by atoms with Gasteiger partial charge >= 0.3 is 0 Å². The highest BCUT2D eigenvalue weighted by Gasteiger charge is 2.40. The third-order valence-corrected chi connectivity index (χ3v) is 8.06. The van der Waals surface area contributed by atoms with Gasteiger partial charge in [-0.1, -0.05) is 65.2 Å². The van der Waals surface area contributed by atoms with E-state index in [2.05, 4.69) is 13.8 Å². The van der Waals surface area contributed by atoms with Gasteiger partial charge in [-0.3, -0.25) is 0 Å². The number of likely N-dealkylation sites (tertiary alicyclic amines) is 2. The van der Waals surface area contributed by atoms with Crippen LogP contribution in [0.3, 0.4) is 0 Å². The average molecular weight is 469 g/mol. The second-order valence-electron chi connectivity index (χ2n) is 11.4. The Balaban J connectivity index is 1.82. The zero-order valence-electron chi connectivity index (χ0n) is 22.7. The predicted octanol–water partition coefficient (Wildman–Crippen LogP) is 4.08. The van der Waals surface area contributed by atoms with E-state index in [1.807, 2.05) is 9.80 Å². The molecule has 2 saturated heterocycles. The minimum absolute atomic E-state index is 0.380. The largest absolute Gasteiger partial charge is 0.381 e. The molecular weight excluding hydrogens is 408 g/mol. The van der Waals surface area contributed by atoms with E-state index in [1.165, 1.54) is 142 Å². The van der Waals surface area contributed by atoms with Gasteiger partial charge in [0.15, 0.2) is 0 Å². The molecule has 2 N–H and O–H groups in total. The lowest BCUT2D eigenvalue weighted by Crippen LogP contribution is -3.15. The summed E-state index contributed by atoms with van der Waals surface area (Å²) in [5.41, 5.74) is 0.380. The Morgan fingerprint density at radius 3 is 1.64 bits per heavy atom. The lowest BCUT2D eigenvalue weighted by atomic mass is 9.81. The van der Waals surface area contributed by atoms with Gasteiger partial charge in [0.25, 0.3) is 0 Å². The summed E-state index contributed by atoms with van der Waals surface area (Å²) in [5.74, 6) is 0. The maximum Gasteiger partial charge on any atom is 0.0914 e. The Morgan fingerprint density at radius 2 is 1.03 bits per heavy atom. The van der Waals surface area contributed by atoms with Crippen molar-refractivity contribution in [2.45, 2.75) is 117 Å². The zero-order valence-corrected chi connectivity index (χ0v) is 22.7. The molecule has 0 aromatic carbocycles. The van der Waals surface area contributed by atoms with E-state index in [0.717, 1.165) is 26.4 Å². The molecule has 0 radical (unpaired) electrons. The molecule has 0 spiro atoms. The van der Waals surface area contributed by atoms with Gasteiger partial charge in [0.05, 0.1) is 51.3 Å². The van der Waals surface area contributed by atoms with E-state index in [-0.39, 0.29) is 0 Å². The number of nitrogens with one attached hydrogen (secondary N) is 2. The summed E-state index contributed by atoms with van der Waals surface area (Å²) >= 11 is 0. The van der Waals surface area contributed by atoms with Crippen molar-refractivity contribution in [1.29, 1.82) is 0 Å². The topological polar surface area (TPSA) is 27.3 Å². The van der Waals surface area contributed by atoms with E-state index in [0.29, 0.717) is 5.41 Å². The van der Waals surface area contributed by atoms with Gasteiger partial charge in [-0.25, -0.2) is 0 Å². The number of hydrogen-bond donors (Lipinski definition) is 2. The van der Waals surface area contributed by atoms with Gasteiger partial charge in [-0.15, -0.1) is 0 Å². The van der Waals surface area contributed by atoms with Gasteiger partial charge in [-0.05, 0) is 25.7 Å². The van der Waals surface area contributed by atoms with Gasteiger partial charge in [0.2, 0.25) is 0 Å². The fourth-order valence-electron chi connectivity index (χ4n) is 6.08. The molecule has 2 aliphatic heterocycles. The van der Waals surface area contributed by atoms with Crippen LogP contribution in [0.1, 0.15) is 117 Å².